The number of aliphatic hydroxyl groups is 1. The minimum Gasteiger partial charge on any atom is -0.393 e. The summed E-state index contributed by atoms with van der Waals surface area (Å²) in [6.45, 7) is 5.03. The van der Waals surface area contributed by atoms with E-state index in [9.17, 15) is 5.11 Å². The number of aliphatic hydroxyl groups excluding tert-OH is 1. The van der Waals surface area contributed by atoms with E-state index < -0.39 is 0 Å². The SMILES string of the molecule is C[C@]12CC[C@H](O)CC1=CC[C@@H]1[C@H]2CC[C@]2(C)C(n3cnc4ccccc43)=CC[C@@H]12. The first-order valence-corrected chi connectivity index (χ1v) is 11.5. The predicted octanol–water partition coefficient (Wildman–Crippen LogP) is 5.81. The van der Waals surface area contributed by atoms with E-state index in [-0.39, 0.29) is 11.5 Å². The lowest BCUT2D eigenvalue weighted by Crippen LogP contribution is -2.50. The van der Waals surface area contributed by atoms with Gasteiger partial charge in [-0.25, -0.2) is 4.98 Å². The lowest BCUT2D eigenvalue weighted by atomic mass is 9.48. The fraction of sp³-hybridized carbons (Fsp3) is 0.577. The van der Waals surface area contributed by atoms with Gasteiger partial charge < -0.3 is 9.67 Å². The van der Waals surface area contributed by atoms with Gasteiger partial charge in [0.05, 0.1) is 17.1 Å². The van der Waals surface area contributed by atoms with Crippen molar-refractivity contribution in [2.75, 3.05) is 0 Å². The average molecular weight is 389 g/mol. The van der Waals surface area contributed by atoms with Crippen molar-refractivity contribution in [1.82, 2.24) is 9.55 Å². The van der Waals surface area contributed by atoms with Gasteiger partial charge in [0.25, 0.3) is 0 Å². The van der Waals surface area contributed by atoms with Crippen LogP contribution in [-0.2, 0) is 0 Å². The number of benzene rings is 1. The Bertz CT molecular complexity index is 1030. The van der Waals surface area contributed by atoms with E-state index in [0.29, 0.717) is 5.41 Å². The highest BCUT2D eigenvalue weighted by Crippen LogP contribution is 2.65. The molecule has 0 unspecified atom stereocenters. The Morgan fingerprint density at radius 3 is 2.72 bits per heavy atom. The second kappa shape index (κ2) is 6.07. The van der Waals surface area contributed by atoms with Crippen molar-refractivity contribution in [3.63, 3.8) is 0 Å². The number of nitrogens with zero attached hydrogens (tertiary/aromatic N) is 2. The summed E-state index contributed by atoms with van der Waals surface area (Å²) >= 11 is 0. The Hall–Kier alpha value is -1.87. The van der Waals surface area contributed by atoms with Crippen molar-refractivity contribution in [2.45, 2.75) is 64.9 Å². The molecule has 3 nitrogen and oxygen atoms in total. The Labute approximate surface area is 173 Å². The van der Waals surface area contributed by atoms with E-state index in [2.05, 4.69) is 59.8 Å². The van der Waals surface area contributed by atoms with Gasteiger partial charge in [0.2, 0.25) is 0 Å². The van der Waals surface area contributed by atoms with Gasteiger partial charge in [0.1, 0.15) is 6.33 Å². The van der Waals surface area contributed by atoms with Crippen LogP contribution >= 0.6 is 0 Å². The van der Waals surface area contributed by atoms with Crippen molar-refractivity contribution < 1.29 is 5.11 Å². The lowest BCUT2D eigenvalue weighted by Gasteiger charge is -2.57. The van der Waals surface area contributed by atoms with Gasteiger partial charge in [-0.2, -0.15) is 0 Å². The van der Waals surface area contributed by atoms with Crippen LogP contribution in [0.4, 0.5) is 0 Å². The van der Waals surface area contributed by atoms with E-state index in [0.717, 1.165) is 42.5 Å². The van der Waals surface area contributed by atoms with E-state index >= 15 is 0 Å². The van der Waals surface area contributed by atoms with Crippen LogP contribution in [0.5, 0.6) is 0 Å². The molecule has 0 bridgehead atoms. The molecule has 4 aliphatic rings. The molecule has 1 aromatic heterocycles. The summed E-state index contributed by atoms with van der Waals surface area (Å²) in [5, 5.41) is 10.2. The van der Waals surface area contributed by atoms with E-state index in [1.54, 1.807) is 5.57 Å². The first-order chi connectivity index (χ1) is 14.0. The van der Waals surface area contributed by atoms with E-state index in [4.69, 9.17) is 0 Å². The monoisotopic (exact) mass is 388 g/mol. The van der Waals surface area contributed by atoms with Gasteiger partial charge in [-0.3, -0.25) is 0 Å². The standard InChI is InChI=1S/C26H32N2O/c1-25-13-11-18(29)15-17(25)7-8-19-20-9-10-24(26(20,2)14-12-21(19)25)28-16-27-22-5-3-4-6-23(22)28/h3-7,10,16,18-21,29H,8-9,11-15H2,1-2H3/t18-,19-,20-,21+,25-,26-/m0/s1. The zero-order chi connectivity index (χ0) is 19.8. The smallest absolute Gasteiger partial charge is 0.100 e. The Morgan fingerprint density at radius 1 is 1.00 bits per heavy atom. The molecule has 6 atom stereocenters. The number of fused-ring (bicyclic) bond motifs is 6. The molecule has 6 rings (SSSR count). The molecule has 0 amide bonds. The molecule has 1 heterocycles. The summed E-state index contributed by atoms with van der Waals surface area (Å²) < 4.78 is 2.37. The Balaban J connectivity index is 1.36. The quantitative estimate of drug-likeness (QED) is 0.626. The zero-order valence-electron chi connectivity index (χ0n) is 17.6. The molecular formula is C26H32N2O. The summed E-state index contributed by atoms with van der Waals surface area (Å²) in [5.41, 5.74) is 5.92. The van der Waals surface area contributed by atoms with Gasteiger partial charge in [-0.05, 0) is 80.2 Å². The number of imidazole rings is 1. The third kappa shape index (κ3) is 2.37. The van der Waals surface area contributed by atoms with Crippen LogP contribution in [0.2, 0.25) is 0 Å². The molecule has 0 aliphatic heterocycles. The maximum atomic E-state index is 10.2. The second-order valence-electron chi connectivity index (χ2n) is 10.5. The first kappa shape index (κ1) is 17.9. The minimum absolute atomic E-state index is 0.117. The number of para-hydroxylation sites is 2. The fourth-order valence-electron chi connectivity index (χ4n) is 7.71. The maximum Gasteiger partial charge on any atom is 0.100 e. The van der Waals surface area contributed by atoms with Crippen LogP contribution in [0.3, 0.4) is 0 Å². The number of hydrogen-bond acceptors (Lipinski definition) is 2. The van der Waals surface area contributed by atoms with Gasteiger partial charge in [-0.1, -0.05) is 43.7 Å². The van der Waals surface area contributed by atoms with Crippen molar-refractivity contribution in [3.8, 4) is 0 Å². The molecule has 4 aliphatic carbocycles. The van der Waals surface area contributed by atoms with Crippen molar-refractivity contribution in [3.05, 3.63) is 48.3 Å². The summed E-state index contributed by atoms with van der Waals surface area (Å²) in [6, 6.07) is 8.52. The molecule has 0 spiro atoms. The number of aromatic nitrogens is 2. The van der Waals surface area contributed by atoms with Crippen molar-refractivity contribution in [2.24, 2.45) is 28.6 Å². The second-order valence-corrected chi connectivity index (χ2v) is 10.5. The molecule has 1 aromatic carbocycles. The summed E-state index contributed by atoms with van der Waals surface area (Å²) in [6.07, 6.45) is 15.0. The molecule has 3 heteroatoms. The molecule has 1 N–H and O–H groups in total. The van der Waals surface area contributed by atoms with Crippen LogP contribution in [-0.4, -0.2) is 20.8 Å². The number of hydrogen-bond donors (Lipinski definition) is 1. The van der Waals surface area contributed by atoms with E-state index in [1.807, 2.05) is 6.33 Å². The number of allylic oxidation sites excluding steroid dienone is 3. The number of rotatable bonds is 1. The maximum absolute atomic E-state index is 10.2. The molecule has 2 saturated carbocycles. The largest absolute Gasteiger partial charge is 0.393 e. The van der Waals surface area contributed by atoms with Gasteiger partial charge >= 0.3 is 0 Å². The lowest BCUT2D eigenvalue weighted by molar-refractivity contribution is -0.0249. The van der Waals surface area contributed by atoms with Crippen LogP contribution in [0.1, 0.15) is 58.8 Å². The molecule has 0 radical (unpaired) electrons. The molecule has 152 valence electrons. The highest BCUT2D eigenvalue weighted by molar-refractivity contribution is 5.80. The van der Waals surface area contributed by atoms with Crippen molar-refractivity contribution >= 4 is 16.7 Å². The highest BCUT2D eigenvalue weighted by atomic mass is 16.3. The molecule has 0 saturated heterocycles. The van der Waals surface area contributed by atoms with Crippen LogP contribution < -0.4 is 0 Å². The molecule has 2 fully saturated rings. The van der Waals surface area contributed by atoms with Gasteiger partial charge in [0.15, 0.2) is 0 Å². The summed E-state index contributed by atoms with van der Waals surface area (Å²) in [7, 11) is 0. The predicted molar refractivity (Wildman–Crippen MR) is 117 cm³/mol. The Kier molecular flexibility index (Phi) is 3.76. The van der Waals surface area contributed by atoms with Crippen molar-refractivity contribution in [1.29, 1.82) is 0 Å². The zero-order valence-corrected chi connectivity index (χ0v) is 17.6. The third-order valence-corrected chi connectivity index (χ3v) is 9.33. The summed E-state index contributed by atoms with van der Waals surface area (Å²) in [5.74, 6) is 2.26. The Morgan fingerprint density at radius 2 is 1.83 bits per heavy atom. The molecule has 2 aromatic rings. The molecular weight excluding hydrogens is 356 g/mol. The fourth-order valence-corrected chi connectivity index (χ4v) is 7.71. The van der Waals surface area contributed by atoms with Crippen LogP contribution in [0, 0.1) is 28.6 Å². The topological polar surface area (TPSA) is 38.0 Å². The summed E-state index contributed by atoms with van der Waals surface area (Å²) in [4.78, 5) is 4.67. The van der Waals surface area contributed by atoms with Gasteiger partial charge in [-0.15, -0.1) is 0 Å². The van der Waals surface area contributed by atoms with Crippen LogP contribution in [0.25, 0.3) is 16.7 Å². The third-order valence-electron chi connectivity index (χ3n) is 9.33. The van der Waals surface area contributed by atoms with Gasteiger partial charge in [0, 0.05) is 11.1 Å². The first-order valence-electron chi connectivity index (χ1n) is 11.5. The van der Waals surface area contributed by atoms with E-state index in [1.165, 1.54) is 36.9 Å². The normalized spacial score (nSPS) is 41.3. The average Bonchev–Trinajstić information content (AvgIpc) is 3.29. The van der Waals surface area contributed by atoms with Crippen LogP contribution in [0.15, 0.2) is 48.3 Å². The highest BCUT2D eigenvalue weighted by Gasteiger charge is 2.57. The minimum atomic E-state index is -0.117. The molecule has 29 heavy (non-hydrogen) atoms.